The van der Waals surface area contributed by atoms with Gasteiger partial charge >= 0.3 is 0 Å². The summed E-state index contributed by atoms with van der Waals surface area (Å²) < 4.78 is 56.4. The molecule has 5 atom stereocenters. The maximum atomic E-state index is 13.3. The van der Waals surface area contributed by atoms with Gasteiger partial charge in [-0.3, -0.25) is 14.0 Å². The lowest BCUT2D eigenvalue weighted by Gasteiger charge is -2.46. The van der Waals surface area contributed by atoms with Crippen LogP contribution in [0, 0.1) is 10.8 Å². The monoisotopic (exact) mass is 644 g/mol. The predicted molar refractivity (Wildman–Crippen MR) is 171 cm³/mol. The van der Waals surface area contributed by atoms with Crippen molar-refractivity contribution in [2.45, 2.75) is 64.3 Å². The lowest BCUT2D eigenvalue weighted by molar-refractivity contribution is -0.0386. The minimum Gasteiger partial charge on any atom is -0.486 e. The van der Waals surface area contributed by atoms with E-state index in [0.717, 1.165) is 61.8 Å². The number of piperidine rings is 2. The van der Waals surface area contributed by atoms with Crippen LogP contribution in [0.4, 0.5) is 0 Å². The molecule has 11 heteroatoms. The van der Waals surface area contributed by atoms with Gasteiger partial charge in [0.25, 0.3) is 10.1 Å². The summed E-state index contributed by atoms with van der Waals surface area (Å²) in [6.07, 6.45) is 2.91. The second kappa shape index (κ2) is 13.7. The van der Waals surface area contributed by atoms with Gasteiger partial charge in [-0.2, -0.15) is 8.42 Å². The number of nitrogens with zero attached hydrogens (tertiary/aromatic N) is 2. The smallest absolute Gasteiger partial charge is 0.269 e. The first-order valence-electron chi connectivity index (χ1n) is 16.4. The number of likely N-dealkylation sites (tertiary alicyclic amines) is 2. The topological polar surface area (TPSA) is 107 Å². The number of benzene rings is 2. The molecule has 10 nitrogen and oxygen atoms in total. The van der Waals surface area contributed by atoms with E-state index in [1.807, 2.05) is 55.5 Å². The molecule has 0 aliphatic carbocycles. The van der Waals surface area contributed by atoms with E-state index in [4.69, 9.17) is 23.1 Å². The lowest BCUT2D eigenvalue weighted by atomic mass is 9.73. The summed E-state index contributed by atoms with van der Waals surface area (Å²) in [4.78, 5) is 4.60. The third-order valence-corrected chi connectivity index (χ3v) is 11.2. The molecular formula is C34H48N2O8S. The second-order valence-corrected chi connectivity index (χ2v) is 15.4. The third-order valence-electron chi connectivity index (χ3n) is 9.97. The van der Waals surface area contributed by atoms with Gasteiger partial charge in [-0.15, -0.1) is 0 Å². The third kappa shape index (κ3) is 7.88. The molecule has 0 spiro atoms. The quantitative estimate of drug-likeness (QED) is 0.361. The first-order valence-corrected chi connectivity index (χ1v) is 18.0. The SMILES string of the molecule is CCC1(C(O)CS(=O)(=O)OCC2(C)CCCN(CC3COc4ccccc4O3)C2)CCCN(CC2COc3ccccc3O2)C1. The first-order chi connectivity index (χ1) is 21.6. The number of aliphatic hydroxyl groups is 1. The van der Waals surface area contributed by atoms with Gasteiger partial charge in [0.1, 0.15) is 31.2 Å². The van der Waals surface area contributed by atoms with Gasteiger partial charge in [0.2, 0.25) is 0 Å². The fourth-order valence-electron chi connectivity index (χ4n) is 7.44. The molecule has 4 aliphatic heterocycles. The Morgan fingerprint density at radius 3 is 1.98 bits per heavy atom. The van der Waals surface area contributed by atoms with Crippen molar-refractivity contribution in [3.8, 4) is 23.0 Å². The largest absolute Gasteiger partial charge is 0.486 e. The Bertz CT molecular complexity index is 1410. The van der Waals surface area contributed by atoms with Crippen molar-refractivity contribution in [1.29, 1.82) is 0 Å². The molecule has 1 N–H and O–H groups in total. The molecule has 45 heavy (non-hydrogen) atoms. The minimum atomic E-state index is -3.95. The molecule has 0 aromatic heterocycles. The van der Waals surface area contributed by atoms with Crippen LogP contribution < -0.4 is 18.9 Å². The molecule has 6 rings (SSSR count). The molecule has 2 saturated heterocycles. The van der Waals surface area contributed by atoms with Crippen LogP contribution in [-0.2, 0) is 14.3 Å². The molecule has 248 valence electrons. The zero-order valence-electron chi connectivity index (χ0n) is 26.6. The number of hydrogen-bond donors (Lipinski definition) is 1. The Hall–Kier alpha value is -2.57. The number of rotatable bonds is 11. The summed E-state index contributed by atoms with van der Waals surface area (Å²) in [5, 5.41) is 11.4. The summed E-state index contributed by atoms with van der Waals surface area (Å²) in [5.41, 5.74) is -0.858. The zero-order chi connectivity index (χ0) is 31.5. The van der Waals surface area contributed by atoms with Gasteiger partial charge in [-0.1, -0.05) is 38.1 Å². The van der Waals surface area contributed by atoms with Crippen LogP contribution in [0.5, 0.6) is 23.0 Å². The Balaban J connectivity index is 0.999. The first kappa shape index (κ1) is 32.4. The van der Waals surface area contributed by atoms with Crippen molar-refractivity contribution in [2.75, 3.05) is 64.8 Å². The van der Waals surface area contributed by atoms with Crippen molar-refractivity contribution in [3.63, 3.8) is 0 Å². The van der Waals surface area contributed by atoms with Crippen LogP contribution in [-0.4, -0.2) is 106 Å². The Labute approximate surface area is 267 Å². The van der Waals surface area contributed by atoms with E-state index in [1.54, 1.807) is 0 Å². The average molecular weight is 645 g/mol. The molecule has 4 aliphatic rings. The predicted octanol–water partition coefficient (Wildman–Crippen LogP) is 3.97. The zero-order valence-corrected chi connectivity index (χ0v) is 27.4. The lowest BCUT2D eigenvalue weighted by Crippen LogP contribution is -2.54. The number of fused-ring (bicyclic) bond motifs is 2. The van der Waals surface area contributed by atoms with Crippen molar-refractivity contribution in [1.82, 2.24) is 9.80 Å². The van der Waals surface area contributed by atoms with Gasteiger partial charge < -0.3 is 24.1 Å². The van der Waals surface area contributed by atoms with E-state index in [-0.39, 0.29) is 24.2 Å². The summed E-state index contributed by atoms with van der Waals surface area (Å²) in [7, 11) is -3.95. The summed E-state index contributed by atoms with van der Waals surface area (Å²) in [6.45, 7) is 9.62. The van der Waals surface area contributed by atoms with Crippen molar-refractivity contribution in [2.24, 2.45) is 10.8 Å². The van der Waals surface area contributed by atoms with Crippen LogP contribution in [0.25, 0.3) is 0 Å². The summed E-state index contributed by atoms with van der Waals surface area (Å²) in [5.74, 6) is 2.62. The average Bonchev–Trinajstić information content (AvgIpc) is 3.04. The van der Waals surface area contributed by atoms with Crippen molar-refractivity contribution in [3.05, 3.63) is 48.5 Å². The molecular weight excluding hydrogens is 596 g/mol. The Kier molecular flexibility index (Phi) is 9.82. The highest BCUT2D eigenvalue weighted by Gasteiger charge is 2.43. The highest BCUT2D eigenvalue weighted by Crippen LogP contribution is 2.39. The second-order valence-electron chi connectivity index (χ2n) is 13.7. The Morgan fingerprint density at radius 2 is 1.40 bits per heavy atom. The van der Waals surface area contributed by atoms with Crippen LogP contribution in [0.2, 0.25) is 0 Å². The maximum Gasteiger partial charge on any atom is 0.269 e. The van der Waals surface area contributed by atoms with Crippen LogP contribution >= 0.6 is 0 Å². The fourth-order valence-corrected chi connectivity index (χ4v) is 8.74. The molecule has 2 aromatic rings. The number of para-hydroxylation sites is 4. The van der Waals surface area contributed by atoms with Crippen LogP contribution in [0.15, 0.2) is 48.5 Å². The van der Waals surface area contributed by atoms with Crippen molar-refractivity contribution >= 4 is 10.1 Å². The van der Waals surface area contributed by atoms with E-state index in [1.165, 1.54) is 0 Å². The van der Waals surface area contributed by atoms with E-state index in [9.17, 15) is 13.5 Å². The Morgan fingerprint density at radius 1 is 0.867 bits per heavy atom. The van der Waals surface area contributed by atoms with Gasteiger partial charge in [0, 0.05) is 37.0 Å². The van der Waals surface area contributed by atoms with E-state index in [2.05, 4.69) is 16.7 Å². The van der Waals surface area contributed by atoms with E-state index >= 15 is 0 Å². The number of hydrogen-bond acceptors (Lipinski definition) is 10. The van der Waals surface area contributed by atoms with E-state index in [0.29, 0.717) is 45.8 Å². The van der Waals surface area contributed by atoms with Gasteiger partial charge in [0.05, 0.1) is 12.7 Å². The maximum absolute atomic E-state index is 13.3. The van der Waals surface area contributed by atoms with E-state index < -0.39 is 27.4 Å². The molecule has 5 unspecified atom stereocenters. The summed E-state index contributed by atoms with van der Waals surface area (Å²) in [6, 6.07) is 15.4. The van der Waals surface area contributed by atoms with Gasteiger partial charge in [-0.05, 0) is 69.5 Å². The van der Waals surface area contributed by atoms with Crippen LogP contribution in [0.1, 0.15) is 46.0 Å². The minimum absolute atomic E-state index is 0.0876. The standard InChI is InChI=1S/C34H48N2O8S/c1-3-34(15-9-17-36(24-34)19-27-21-41-29-11-5-7-13-31(29)44-27)32(37)22-45(38,39)42-25-33(2)14-8-16-35(23-33)18-26-20-40-28-10-4-6-12-30(28)43-26/h4-7,10-13,26-27,32,37H,3,8-9,14-25H2,1-2H3. The molecule has 0 radical (unpaired) electrons. The summed E-state index contributed by atoms with van der Waals surface area (Å²) >= 11 is 0. The molecule has 0 bridgehead atoms. The normalized spacial score (nSPS) is 29.7. The number of ether oxygens (including phenoxy) is 4. The van der Waals surface area contributed by atoms with Gasteiger partial charge in [0.15, 0.2) is 23.0 Å². The molecule has 4 heterocycles. The van der Waals surface area contributed by atoms with Crippen LogP contribution in [0.3, 0.4) is 0 Å². The molecule has 2 fully saturated rings. The number of aliphatic hydroxyl groups excluding tert-OH is 1. The highest BCUT2D eigenvalue weighted by molar-refractivity contribution is 7.86. The highest BCUT2D eigenvalue weighted by atomic mass is 32.2. The van der Waals surface area contributed by atoms with Gasteiger partial charge in [-0.25, -0.2) is 0 Å². The molecule has 0 saturated carbocycles. The molecule has 0 amide bonds. The fraction of sp³-hybridized carbons (Fsp3) is 0.647. The van der Waals surface area contributed by atoms with Crippen molar-refractivity contribution < 1.29 is 36.7 Å². The molecule has 2 aromatic carbocycles.